The van der Waals surface area contributed by atoms with Crippen LogP contribution >= 0.6 is 0 Å². The van der Waals surface area contributed by atoms with Gasteiger partial charge in [0.2, 0.25) is 5.91 Å². The summed E-state index contributed by atoms with van der Waals surface area (Å²) >= 11 is 0. The van der Waals surface area contributed by atoms with Gasteiger partial charge in [-0.15, -0.1) is 0 Å². The molecule has 0 fully saturated rings. The molecule has 0 radical (unpaired) electrons. The summed E-state index contributed by atoms with van der Waals surface area (Å²) < 4.78 is 1.65. The molecule has 2 N–H and O–H groups in total. The van der Waals surface area contributed by atoms with Gasteiger partial charge in [0.15, 0.2) is 5.69 Å². The van der Waals surface area contributed by atoms with Crippen LogP contribution in [0.2, 0.25) is 0 Å². The highest BCUT2D eigenvalue weighted by atomic mass is 16.4. The molecule has 1 aromatic carbocycles. The van der Waals surface area contributed by atoms with Crippen molar-refractivity contribution >= 4 is 17.6 Å². The number of carboxylic acids is 1. The molecule has 102 valence electrons. The normalized spacial score (nSPS) is 13.2. The van der Waals surface area contributed by atoms with Gasteiger partial charge in [-0.25, -0.2) is 4.79 Å². The predicted molar refractivity (Wildman–Crippen MR) is 72.6 cm³/mol. The molecule has 2 aromatic rings. The monoisotopic (exact) mass is 271 g/mol. The van der Waals surface area contributed by atoms with Gasteiger partial charge in [0.1, 0.15) is 0 Å². The average molecular weight is 271 g/mol. The van der Waals surface area contributed by atoms with E-state index in [1.165, 1.54) is 0 Å². The van der Waals surface area contributed by atoms with Crippen LogP contribution in [0, 0.1) is 0 Å². The van der Waals surface area contributed by atoms with Gasteiger partial charge in [0, 0.05) is 17.8 Å². The number of nitrogens with one attached hydrogen (secondary N) is 1. The summed E-state index contributed by atoms with van der Waals surface area (Å²) in [5, 5.41) is 15.8. The fourth-order valence-electron chi connectivity index (χ4n) is 2.38. The molecule has 0 saturated carbocycles. The first kappa shape index (κ1) is 12.4. The Morgan fingerprint density at radius 1 is 1.45 bits per heavy atom. The average Bonchev–Trinajstić information content (AvgIpc) is 2.99. The van der Waals surface area contributed by atoms with E-state index in [0.29, 0.717) is 13.0 Å². The van der Waals surface area contributed by atoms with Gasteiger partial charge in [0.25, 0.3) is 0 Å². The fourth-order valence-corrected chi connectivity index (χ4v) is 2.38. The second-order valence-corrected chi connectivity index (χ2v) is 4.63. The molecule has 0 spiro atoms. The van der Waals surface area contributed by atoms with Crippen molar-refractivity contribution in [1.29, 1.82) is 0 Å². The van der Waals surface area contributed by atoms with Crippen molar-refractivity contribution in [2.75, 3.05) is 5.32 Å². The molecule has 0 bridgehead atoms. The Kier molecular flexibility index (Phi) is 2.78. The molecule has 1 amide bonds. The lowest BCUT2D eigenvalue weighted by Gasteiger charge is -2.06. The number of amides is 1. The SMILES string of the molecule is CCn1nc(C(=O)O)cc1-c1ccc2c(c1)CC(=O)N2. The highest BCUT2D eigenvalue weighted by Crippen LogP contribution is 2.29. The molecule has 0 atom stereocenters. The summed E-state index contributed by atoms with van der Waals surface area (Å²) in [6.45, 7) is 2.48. The summed E-state index contributed by atoms with van der Waals surface area (Å²) in [7, 11) is 0. The molecule has 6 heteroatoms. The van der Waals surface area contributed by atoms with Gasteiger partial charge in [-0.1, -0.05) is 6.07 Å². The van der Waals surface area contributed by atoms with E-state index in [0.717, 1.165) is 22.5 Å². The lowest BCUT2D eigenvalue weighted by atomic mass is 10.1. The summed E-state index contributed by atoms with van der Waals surface area (Å²) in [6.07, 6.45) is 0.356. The van der Waals surface area contributed by atoms with Gasteiger partial charge >= 0.3 is 5.97 Å². The van der Waals surface area contributed by atoms with Crippen LogP contribution in [0.4, 0.5) is 5.69 Å². The van der Waals surface area contributed by atoms with Crippen molar-refractivity contribution in [3.63, 3.8) is 0 Å². The number of aromatic nitrogens is 2. The van der Waals surface area contributed by atoms with Crippen molar-refractivity contribution in [2.24, 2.45) is 0 Å². The van der Waals surface area contributed by atoms with Crippen LogP contribution in [-0.4, -0.2) is 26.8 Å². The molecule has 3 rings (SSSR count). The Balaban J connectivity index is 2.07. The first-order valence-corrected chi connectivity index (χ1v) is 6.32. The molecule has 0 saturated heterocycles. The van der Waals surface area contributed by atoms with Gasteiger partial charge in [-0.2, -0.15) is 5.10 Å². The number of fused-ring (bicyclic) bond motifs is 1. The number of hydrogen-bond acceptors (Lipinski definition) is 3. The number of benzene rings is 1. The zero-order valence-corrected chi connectivity index (χ0v) is 10.9. The van der Waals surface area contributed by atoms with Gasteiger partial charge < -0.3 is 10.4 Å². The molecule has 6 nitrogen and oxygen atoms in total. The molecule has 1 aliphatic heterocycles. The Bertz CT molecular complexity index is 718. The van der Waals surface area contributed by atoms with E-state index >= 15 is 0 Å². The maximum Gasteiger partial charge on any atom is 0.356 e. The quantitative estimate of drug-likeness (QED) is 0.891. The van der Waals surface area contributed by atoms with Crippen molar-refractivity contribution in [1.82, 2.24) is 9.78 Å². The molecule has 20 heavy (non-hydrogen) atoms. The van der Waals surface area contributed by atoms with Crippen molar-refractivity contribution in [3.05, 3.63) is 35.5 Å². The fraction of sp³-hybridized carbons (Fsp3) is 0.214. The second-order valence-electron chi connectivity index (χ2n) is 4.63. The Labute approximate surface area is 115 Å². The maximum absolute atomic E-state index is 11.4. The number of aryl methyl sites for hydroxylation is 1. The minimum absolute atomic E-state index is 0.0209. The number of anilines is 1. The minimum atomic E-state index is -1.04. The molecule has 1 aliphatic rings. The van der Waals surface area contributed by atoms with Crippen LogP contribution in [0.1, 0.15) is 23.0 Å². The topological polar surface area (TPSA) is 84.2 Å². The van der Waals surface area contributed by atoms with Gasteiger partial charge in [-0.05, 0) is 30.7 Å². The Morgan fingerprint density at radius 3 is 2.95 bits per heavy atom. The van der Waals surface area contributed by atoms with Crippen molar-refractivity contribution in [2.45, 2.75) is 19.9 Å². The highest BCUT2D eigenvalue weighted by Gasteiger charge is 2.20. The van der Waals surface area contributed by atoms with Crippen molar-refractivity contribution < 1.29 is 14.7 Å². The zero-order valence-electron chi connectivity index (χ0n) is 10.9. The van der Waals surface area contributed by atoms with Gasteiger partial charge in [-0.3, -0.25) is 9.48 Å². The number of hydrogen-bond donors (Lipinski definition) is 2. The van der Waals surface area contributed by atoms with E-state index in [4.69, 9.17) is 5.11 Å². The molecule has 0 unspecified atom stereocenters. The molecule has 0 aliphatic carbocycles. The number of aromatic carboxylic acids is 1. The molecular formula is C14H13N3O3. The lowest BCUT2D eigenvalue weighted by Crippen LogP contribution is -2.03. The summed E-state index contributed by atoms with van der Waals surface area (Å²) in [5.74, 6) is -1.07. The predicted octanol–water partition coefficient (Wildman–Crippen LogP) is 1.76. The number of carbonyl (C=O) groups excluding carboxylic acids is 1. The molecule has 2 heterocycles. The first-order chi connectivity index (χ1) is 9.58. The number of carboxylic acid groups (broad SMARTS) is 1. The van der Waals surface area contributed by atoms with Crippen LogP contribution in [0.3, 0.4) is 0 Å². The minimum Gasteiger partial charge on any atom is -0.476 e. The zero-order chi connectivity index (χ0) is 14.3. The van der Waals surface area contributed by atoms with Crippen LogP contribution in [-0.2, 0) is 17.8 Å². The largest absolute Gasteiger partial charge is 0.476 e. The van der Waals surface area contributed by atoms with Crippen LogP contribution in [0.5, 0.6) is 0 Å². The Hall–Kier alpha value is -2.63. The number of rotatable bonds is 3. The Morgan fingerprint density at radius 2 is 2.25 bits per heavy atom. The van der Waals surface area contributed by atoms with E-state index in [-0.39, 0.29) is 11.6 Å². The third kappa shape index (κ3) is 1.95. The third-order valence-electron chi connectivity index (χ3n) is 3.32. The van der Waals surface area contributed by atoms with Gasteiger partial charge in [0.05, 0.1) is 12.1 Å². The summed E-state index contributed by atoms with van der Waals surface area (Å²) in [5.41, 5.74) is 3.37. The second kappa shape index (κ2) is 4.48. The van der Waals surface area contributed by atoms with E-state index in [1.54, 1.807) is 10.7 Å². The van der Waals surface area contributed by atoms with E-state index in [2.05, 4.69) is 10.4 Å². The lowest BCUT2D eigenvalue weighted by molar-refractivity contribution is -0.115. The number of carbonyl (C=O) groups is 2. The van der Waals surface area contributed by atoms with Crippen molar-refractivity contribution in [3.8, 4) is 11.3 Å². The third-order valence-corrected chi connectivity index (χ3v) is 3.32. The smallest absolute Gasteiger partial charge is 0.356 e. The first-order valence-electron chi connectivity index (χ1n) is 6.32. The summed E-state index contributed by atoms with van der Waals surface area (Å²) in [6, 6.07) is 7.15. The molecular weight excluding hydrogens is 258 g/mol. The van der Waals surface area contributed by atoms with Crippen LogP contribution < -0.4 is 5.32 Å². The van der Waals surface area contributed by atoms with Crippen LogP contribution in [0.25, 0.3) is 11.3 Å². The van der Waals surface area contributed by atoms with E-state index < -0.39 is 5.97 Å². The van der Waals surface area contributed by atoms with E-state index in [1.807, 2.05) is 25.1 Å². The van der Waals surface area contributed by atoms with Crippen LogP contribution in [0.15, 0.2) is 24.3 Å². The standard InChI is InChI=1S/C14H13N3O3/c1-2-17-12(7-11(16-17)14(19)20)8-3-4-10-9(5-8)6-13(18)15-10/h3-5,7H,2,6H2,1H3,(H,15,18)(H,19,20). The van der Waals surface area contributed by atoms with E-state index in [9.17, 15) is 9.59 Å². The molecule has 1 aromatic heterocycles. The highest BCUT2D eigenvalue weighted by molar-refractivity contribution is 5.99. The maximum atomic E-state index is 11.4. The summed E-state index contributed by atoms with van der Waals surface area (Å²) in [4.78, 5) is 22.4. The number of nitrogens with zero attached hydrogens (tertiary/aromatic N) is 2.